The number of aryl methyl sites for hydroxylation is 1. The van der Waals surface area contributed by atoms with E-state index in [9.17, 15) is 9.59 Å². The number of benzene rings is 1. The van der Waals surface area contributed by atoms with Crippen LogP contribution in [0.25, 0.3) is 0 Å². The van der Waals surface area contributed by atoms with Crippen LogP contribution >= 0.6 is 0 Å². The lowest BCUT2D eigenvalue weighted by atomic mass is 10.2. The van der Waals surface area contributed by atoms with Gasteiger partial charge in [-0.3, -0.25) is 9.59 Å². The van der Waals surface area contributed by atoms with Crippen LogP contribution < -0.4 is 15.2 Å². The Kier molecular flexibility index (Phi) is 5.25. The van der Waals surface area contributed by atoms with Crippen LogP contribution in [0.15, 0.2) is 48.8 Å². The van der Waals surface area contributed by atoms with Crippen molar-refractivity contribution in [1.29, 1.82) is 0 Å². The first-order valence-corrected chi connectivity index (χ1v) is 7.22. The topological polar surface area (TPSA) is 62.1 Å². The summed E-state index contributed by atoms with van der Waals surface area (Å²) in [5.41, 5.74) is 2.64. The lowest BCUT2D eigenvalue weighted by Gasteiger charge is -2.05. The molecule has 0 saturated carbocycles. The van der Waals surface area contributed by atoms with Gasteiger partial charge < -0.3 is 10.6 Å². The predicted molar refractivity (Wildman–Crippen MR) is 85.4 cm³/mol. The Morgan fingerprint density at radius 3 is 2.00 bits per heavy atom. The molecule has 2 amide bonds. The predicted octanol–water partition coefficient (Wildman–Crippen LogP) is 2.13. The first kappa shape index (κ1) is 15.7. The maximum absolute atomic E-state index is 12.0. The van der Waals surface area contributed by atoms with Crippen molar-refractivity contribution >= 4 is 23.2 Å². The second-order valence-corrected chi connectivity index (χ2v) is 5.04. The molecule has 5 heteroatoms. The van der Waals surface area contributed by atoms with Gasteiger partial charge in [-0.25, -0.2) is 0 Å². The van der Waals surface area contributed by atoms with Crippen molar-refractivity contribution in [3.8, 4) is 0 Å². The van der Waals surface area contributed by atoms with Gasteiger partial charge in [0.1, 0.15) is 0 Å². The minimum Gasteiger partial charge on any atom is -0.326 e. The zero-order valence-electron chi connectivity index (χ0n) is 12.8. The summed E-state index contributed by atoms with van der Waals surface area (Å²) in [5.74, 6) is -0.217. The van der Waals surface area contributed by atoms with Crippen molar-refractivity contribution in [2.24, 2.45) is 0 Å². The molecule has 1 aromatic heterocycles. The number of carbonyl (C=O) groups excluding carboxylic acids is 2. The van der Waals surface area contributed by atoms with Gasteiger partial charge in [0, 0.05) is 30.4 Å². The molecule has 5 nitrogen and oxygen atoms in total. The molecular weight excluding hydrogens is 278 g/mol. The number of nitrogens with zero attached hydrogens (tertiary/aromatic N) is 1. The van der Waals surface area contributed by atoms with E-state index in [1.54, 1.807) is 24.3 Å². The first-order chi connectivity index (χ1) is 10.6. The van der Waals surface area contributed by atoms with Crippen molar-refractivity contribution in [3.63, 3.8) is 0 Å². The highest BCUT2D eigenvalue weighted by Gasteiger charge is 2.09. The molecule has 0 spiro atoms. The molecule has 2 aromatic rings. The van der Waals surface area contributed by atoms with E-state index >= 15 is 0 Å². The molecule has 0 unspecified atom stereocenters. The molecule has 0 radical (unpaired) electrons. The molecule has 0 atom stereocenters. The molecule has 0 aliphatic rings. The maximum atomic E-state index is 12.0. The van der Waals surface area contributed by atoms with E-state index in [0.29, 0.717) is 11.4 Å². The van der Waals surface area contributed by atoms with E-state index < -0.39 is 0 Å². The van der Waals surface area contributed by atoms with Crippen molar-refractivity contribution in [2.75, 3.05) is 10.6 Å². The van der Waals surface area contributed by atoms with Gasteiger partial charge >= 0.3 is 0 Å². The van der Waals surface area contributed by atoms with Gasteiger partial charge in [0.2, 0.25) is 12.5 Å². The molecule has 0 bridgehead atoms. The molecule has 0 fully saturated rings. The average molecular weight is 298 g/mol. The summed E-state index contributed by atoms with van der Waals surface area (Å²) in [6.07, 6.45) is 4.78. The molecule has 0 saturated heterocycles. The molecule has 22 heavy (non-hydrogen) atoms. The van der Waals surface area contributed by atoms with Gasteiger partial charge in [-0.15, -0.1) is 0 Å². The molecule has 0 aliphatic carbocycles. The van der Waals surface area contributed by atoms with Crippen LogP contribution in [0.1, 0.15) is 19.4 Å². The Morgan fingerprint density at radius 1 is 0.955 bits per heavy atom. The van der Waals surface area contributed by atoms with Gasteiger partial charge in [-0.1, -0.05) is 6.92 Å². The van der Waals surface area contributed by atoms with Gasteiger partial charge in [-0.05, 0) is 36.2 Å². The fourth-order valence-electron chi connectivity index (χ4n) is 2.04. The fraction of sp³-hybridized carbons (Fsp3) is 0.235. The second kappa shape index (κ2) is 7.36. The number of anilines is 2. The van der Waals surface area contributed by atoms with Crippen molar-refractivity contribution in [1.82, 2.24) is 0 Å². The monoisotopic (exact) mass is 298 g/mol. The summed E-state index contributed by atoms with van der Waals surface area (Å²) >= 11 is 0. The Balaban J connectivity index is 1.92. The largest absolute Gasteiger partial charge is 0.326 e. The third kappa shape index (κ3) is 4.70. The SMILES string of the molecule is CCc1cc[n+](CC(=O)Nc2ccc(NC(C)=O)cc2)cc1. The molecule has 0 aliphatic heterocycles. The third-order valence-electron chi connectivity index (χ3n) is 3.18. The van der Waals surface area contributed by atoms with Crippen LogP contribution in [-0.4, -0.2) is 11.8 Å². The number of rotatable bonds is 5. The molecule has 1 heterocycles. The van der Waals surface area contributed by atoms with E-state index in [-0.39, 0.29) is 18.4 Å². The average Bonchev–Trinajstić information content (AvgIpc) is 2.49. The fourth-order valence-corrected chi connectivity index (χ4v) is 2.04. The van der Waals surface area contributed by atoms with E-state index in [4.69, 9.17) is 0 Å². The van der Waals surface area contributed by atoms with Gasteiger partial charge in [0.25, 0.3) is 5.91 Å². The molecule has 114 valence electrons. The minimum absolute atomic E-state index is 0.0958. The number of hydrogen-bond donors (Lipinski definition) is 2. The Hall–Kier alpha value is -2.69. The van der Waals surface area contributed by atoms with Gasteiger partial charge in [0.15, 0.2) is 12.4 Å². The summed E-state index contributed by atoms with van der Waals surface area (Å²) in [7, 11) is 0. The number of hydrogen-bond acceptors (Lipinski definition) is 2. The minimum atomic E-state index is -0.122. The van der Waals surface area contributed by atoms with Crippen LogP contribution in [0.3, 0.4) is 0 Å². The number of pyridine rings is 1. The lowest BCUT2D eigenvalue weighted by molar-refractivity contribution is -0.684. The first-order valence-electron chi connectivity index (χ1n) is 7.22. The standard InChI is InChI=1S/C17H19N3O2/c1-3-14-8-10-20(11-9-14)12-17(22)19-16-6-4-15(5-7-16)18-13(2)21/h4-11H,3,12H2,1-2H3,(H-,18,19,21,22)/p+1. The van der Waals surface area contributed by atoms with E-state index in [1.807, 2.05) is 29.1 Å². The van der Waals surface area contributed by atoms with Crippen LogP contribution in [0, 0.1) is 0 Å². The van der Waals surface area contributed by atoms with E-state index in [0.717, 1.165) is 6.42 Å². The molecule has 2 rings (SSSR count). The zero-order valence-corrected chi connectivity index (χ0v) is 12.8. The van der Waals surface area contributed by atoms with Crippen LogP contribution in [0.4, 0.5) is 11.4 Å². The summed E-state index contributed by atoms with van der Waals surface area (Å²) in [4.78, 5) is 22.9. The zero-order chi connectivity index (χ0) is 15.9. The van der Waals surface area contributed by atoms with Gasteiger partial charge in [0.05, 0.1) is 0 Å². The highest BCUT2D eigenvalue weighted by molar-refractivity contribution is 5.91. The summed E-state index contributed by atoms with van der Waals surface area (Å²) < 4.78 is 1.83. The normalized spacial score (nSPS) is 10.1. The smallest absolute Gasteiger partial charge is 0.290 e. The molecule has 2 N–H and O–H groups in total. The Bertz CT molecular complexity index is 649. The third-order valence-corrected chi connectivity index (χ3v) is 3.18. The summed E-state index contributed by atoms with van der Waals surface area (Å²) in [6, 6.07) is 11.0. The molecule has 1 aromatic carbocycles. The summed E-state index contributed by atoms with van der Waals surface area (Å²) in [5, 5.41) is 5.51. The van der Waals surface area contributed by atoms with Crippen molar-refractivity contribution in [3.05, 3.63) is 54.4 Å². The highest BCUT2D eigenvalue weighted by Crippen LogP contribution is 2.13. The maximum Gasteiger partial charge on any atom is 0.290 e. The number of aromatic nitrogens is 1. The second-order valence-electron chi connectivity index (χ2n) is 5.04. The quantitative estimate of drug-likeness (QED) is 0.831. The number of nitrogens with one attached hydrogen (secondary N) is 2. The number of amides is 2. The molecular formula is C17H20N3O2+. The van der Waals surface area contributed by atoms with Gasteiger partial charge in [-0.2, -0.15) is 4.57 Å². The number of carbonyl (C=O) groups is 2. The highest BCUT2D eigenvalue weighted by atomic mass is 16.2. The lowest BCUT2D eigenvalue weighted by Crippen LogP contribution is -2.39. The van der Waals surface area contributed by atoms with Crippen LogP contribution in [0.5, 0.6) is 0 Å². The van der Waals surface area contributed by atoms with E-state index in [2.05, 4.69) is 17.6 Å². The van der Waals surface area contributed by atoms with E-state index in [1.165, 1.54) is 12.5 Å². The van der Waals surface area contributed by atoms with Crippen molar-refractivity contribution in [2.45, 2.75) is 26.8 Å². The van der Waals surface area contributed by atoms with Crippen LogP contribution in [0.2, 0.25) is 0 Å². The Morgan fingerprint density at radius 2 is 1.50 bits per heavy atom. The van der Waals surface area contributed by atoms with Crippen molar-refractivity contribution < 1.29 is 14.2 Å². The Labute approximate surface area is 130 Å². The summed E-state index contributed by atoms with van der Waals surface area (Å²) in [6.45, 7) is 3.81. The van der Waals surface area contributed by atoms with Crippen LogP contribution in [-0.2, 0) is 22.6 Å².